The number of hydrogen-bond acceptors (Lipinski definition) is 15. The molecule has 2 aliphatic heterocycles. The summed E-state index contributed by atoms with van der Waals surface area (Å²) < 4.78 is 0. The van der Waals surface area contributed by atoms with E-state index in [0.29, 0.717) is 19.3 Å². The maximum absolute atomic E-state index is 14.0. The summed E-state index contributed by atoms with van der Waals surface area (Å²) in [6.07, 6.45) is 0.0812. The summed E-state index contributed by atoms with van der Waals surface area (Å²) in [4.78, 5) is 132. The fourth-order valence-electron chi connectivity index (χ4n) is 8.17. The lowest BCUT2D eigenvalue weighted by molar-refractivity contribution is -0.147. The number of nitrogens with one attached hydrogen (secondary N) is 6. The van der Waals surface area contributed by atoms with Crippen LogP contribution < -0.4 is 60.6 Å². The summed E-state index contributed by atoms with van der Waals surface area (Å²) in [6, 6.07) is -12.2. The minimum atomic E-state index is -1.75. The summed E-state index contributed by atoms with van der Waals surface area (Å²) in [7, 11) is 0. The number of carboxylic acid groups (broad SMARTS) is 1. The van der Waals surface area contributed by atoms with Crippen LogP contribution in [0.25, 0.3) is 0 Å². The first kappa shape index (κ1) is 61.7. The summed E-state index contributed by atoms with van der Waals surface area (Å²) in [5.41, 5.74) is 27.5. The number of amides is 8. The number of guanidine groups is 2. The number of carboxylic acids is 1. The van der Waals surface area contributed by atoms with Crippen molar-refractivity contribution >= 4 is 65.1 Å². The molecule has 2 aliphatic rings. The molecule has 20 N–H and O–H groups in total. The molecule has 0 spiro atoms. The van der Waals surface area contributed by atoms with E-state index in [1.807, 2.05) is 13.8 Å². The molecule has 2 fully saturated rings. The van der Waals surface area contributed by atoms with Crippen LogP contribution in [0.5, 0.6) is 0 Å². The van der Waals surface area contributed by atoms with Crippen molar-refractivity contribution in [3.8, 4) is 0 Å². The number of carbonyl (C=O) groups is 9. The molecule has 0 bridgehead atoms. The Labute approximate surface area is 418 Å². The van der Waals surface area contributed by atoms with E-state index in [-0.39, 0.29) is 89.0 Å². The van der Waals surface area contributed by atoms with Gasteiger partial charge in [-0.1, -0.05) is 34.1 Å². The Balaban J connectivity index is 2.37. The monoisotopic (exact) mass is 1030 g/mol. The highest BCUT2D eigenvalue weighted by Gasteiger charge is 2.43. The zero-order valence-electron chi connectivity index (χ0n) is 41.9. The van der Waals surface area contributed by atoms with E-state index < -0.39 is 133 Å². The normalized spacial score (nSPS) is 19.2. The molecule has 0 aliphatic carbocycles. The van der Waals surface area contributed by atoms with Gasteiger partial charge in [-0.05, 0) is 76.5 Å². The molecule has 28 heteroatoms. The van der Waals surface area contributed by atoms with Gasteiger partial charge in [-0.3, -0.25) is 48.3 Å². The number of nitrogens with two attached hydrogens (primary N) is 5. The zero-order chi connectivity index (χ0) is 54.4. The number of likely N-dealkylation sites (tertiary alicyclic amines) is 2. The lowest BCUT2D eigenvalue weighted by atomic mass is 9.98. The summed E-state index contributed by atoms with van der Waals surface area (Å²) in [5.74, 6) is -9.00. The van der Waals surface area contributed by atoms with Crippen molar-refractivity contribution in [1.29, 1.82) is 0 Å². The number of aliphatic hydroxyl groups is 3. The van der Waals surface area contributed by atoms with E-state index in [1.54, 1.807) is 13.8 Å². The number of aliphatic hydroxyl groups excluding tert-OH is 3. The fraction of sp³-hybridized carbons (Fsp3) is 0.750. The van der Waals surface area contributed by atoms with Crippen molar-refractivity contribution in [2.75, 3.05) is 39.4 Å². The number of nitrogens with zero attached hydrogens (tertiary/aromatic N) is 4. The molecule has 2 saturated heterocycles. The zero-order valence-corrected chi connectivity index (χ0v) is 41.9. The van der Waals surface area contributed by atoms with E-state index in [4.69, 9.17) is 28.7 Å². The Morgan fingerprint density at radius 1 is 0.611 bits per heavy atom. The van der Waals surface area contributed by atoms with Crippen LogP contribution in [0, 0.1) is 11.8 Å². The van der Waals surface area contributed by atoms with Crippen LogP contribution in [0.1, 0.15) is 98.8 Å². The summed E-state index contributed by atoms with van der Waals surface area (Å²) >= 11 is 0. The molecule has 0 radical (unpaired) electrons. The van der Waals surface area contributed by atoms with Gasteiger partial charge in [-0.2, -0.15) is 0 Å². The lowest BCUT2D eigenvalue weighted by Crippen LogP contribution is -2.62. The molecule has 8 amide bonds. The van der Waals surface area contributed by atoms with E-state index in [1.165, 1.54) is 11.8 Å². The van der Waals surface area contributed by atoms with Crippen molar-refractivity contribution < 1.29 is 63.6 Å². The van der Waals surface area contributed by atoms with Crippen LogP contribution in [-0.4, -0.2) is 195 Å². The van der Waals surface area contributed by atoms with Crippen LogP contribution in [0.4, 0.5) is 0 Å². The molecular weight excluding hydrogens is 947 g/mol. The Bertz CT molecular complexity index is 1930. The van der Waals surface area contributed by atoms with Crippen molar-refractivity contribution in [2.45, 2.75) is 159 Å². The molecule has 0 saturated carbocycles. The van der Waals surface area contributed by atoms with Gasteiger partial charge < -0.3 is 90.8 Å². The minimum absolute atomic E-state index is 0.0182. The number of carbonyl (C=O) groups excluding carboxylic acids is 8. The van der Waals surface area contributed by atoms with Crippen LogP contribution in [0.3, 0.4) is 0 Å². The molecule has 2 rings (SSSR count). The van der Waals surface area contributed by atoms with Crippen molar-refractivity contribution in [3.05, 3.63) is 0 Å². The van der Waals surface area contributed by atoms with Gasteiger partial charge in [-0.25, -0.2) is 4.79 Å². The van der Waals surface area contributed by atoms with E-state index in [0.717, 1.165) is 4.90 Å². The van der Waals surface area contributed by atoms with Crippen LogP contribution in [0.2, 0.25) is 0 Å². The Morgan fingerprint density at radius 3 is 1.53 bits per heavy atom. The number of rotatable bonds is 30. The molecule has 2 heterocycles. The molecule has 408 valence electrons. The average Bonchev–Trinajstić information content (AvgIpc) is 4.03. The molecule has 0 aromatic carbocycles. The Hall–Kier alpha value is -6.39. The summed E-state index contributed by atoms with van der Waals surface area (Å²) in [5, 5.41) is 55.3. The van der Waals surface area contributed by atoms with Gasteiger partial charge in [0.1, 0.15) is 54.4 Å². The second-order valence-corrected chi connectivity index (χ2v) is 18.6. The second kappa shape index (κ2) is 30.5. The average molecular weight is 1030 g/mol. The first-order valence-electron chi connectivity index (χ1n) is 24.3. The van der Waals surface area contributed by atoms with Gasteiger partial charge >= 0.3 is 5.97 Å². The maximum atomic E-state index is 14.0. The predicted octanol–water partition coefficient (Wildman–Crippen LogP) is -6.15. The number of hydrogen-bond donors (Lipinski definition) is 15. The van der Waals surface area contributed by atoms with E-state index in [2.05, 4.69) is 41.9 Å². The third-order valence-electron chi connectivity index (χ3n) is 12.3. The second-order valence-electron chi connectivity index (χ2n) is 18.6. The van der Waals surface area contributed by atoms with Crippen molar-refractivity contribution in [2.24, 2.45) is 50.5 Å². The third-order valence-corrected chi connectivity index (χ3v) is 12.3. The van der Waals surface area contributed by atoms with Crippen molar-refractivity contribution in [1.82, 2.24) is 41.7 Å². The summed E-state index contributed by atoms with van der Waals surface area (Å²) in [6.45, 7) is 6.78. The molecule has 0 aromatic rings. The number of aliphatic imine (C=N–C) groups is 2. The van der Waals surface area contributed by atoms with Gasteiger partial charge in [-0.15, -0.1) is 0 Å². The van der Waals surface area contributed by atoms with Gasteiger partial charge in [0.25, 0.3) is 0 Å². The first-order valence-corrected chi connectivity index (χ1v) is 24.3. The van der Waals surface area contributed by atoms with Crippen LogP contribution in [0.15, 0.2) is 9.98 Å². The molecule has 0 aromatic heterocycles. The molecule has 11 atom stereocenters. The first-order chi connectivity index (χ1) is 33.9. The molecule has 0 unspecified atom stereocenters. The van der Waals surface area contributed by atoms with E-state index in [9.17, 15) is 63.6 Å². The van der Waals surface area contributed by atoms with E-state index >= 15 is 0 Å². The molecule has 28 nitrogen and oxygen atoms in total. The topological polar surface area (TPSA) is 468 Å². The lowest BCUT2D eigenvalue weighted by Gasteiger charge is -2.32. The van der Waals surface area contributed by atoms with Crippen LogP contribution >= 0.6 is 0 Å². The highest BCUT2D eigenvalue weighted by molar-refractivity contribution is 5.98. The highest BCUT2D eigenvalue weighted by atomic mass is 16.4. The quantitative estimate of drug-likeness (QED) is 0.0181. The van der Waals surface area contributed by atoms with Crippen molar-refractivity contribution in [3.63, 3.8) is 0 Å². The Kier molecular flexibility index (Phi) is 26.1. The largest absolute Gasteiger partial charge is 0.480 e. The smallest absolute Gasteiger partial charge is 0.326 e. The minimum Gasteiger partial charge on any atom is -0.480 e. The third kappa shape index (κ3) is 19.3. The highest BCUT2D eigenvalue weighted by Crippen LogP contribution is 2.23. The molecule has 72 heavy (non-hydrogen) atoms. The Morgan fingerprint density at radius 2 is 1.07 bits per heavy atom. The van der Waals surface area contributed by atoms with Gasteiger partial charge in [0.2, 0.25) is 47.3 Å². The SMILES string of the molecule is CC[C@H](C)[C@H](NC(=O)[C@@H]1CCCN1C(=O)[C@@H](NC(=O)[C@H](CCCN=C(N)N)NC(=O)[C@H](CO)NC(=O)[C@H](CCCN=C(N)N)NC(=O)[C@@H]1CCCN1C(=O)[C@H](CC(C)C)NC(=O)[C@@H](N)CO)[C@@H](C)O)C(=O)O. The van der Waals surface area contributed by atoms with Gasteiger partial charge in [0, 0.05) is 26.2 Å². The van der Waals surface area contributed by atoms with Gasteiger partial charge in [0.15, 0.2) is 11.9 Å². The standard InChI is InChI=1S/C44H79N15O13/c1-6-23(4)32(42(71)72)56-39(68)31-14-10-18-59(31)41(70)33(24(5)62)57-36(65)27(12-8-16-51-44(48)49)52-37(66)29(21-61)55-35(64)26(11-7-15-50-43(46)47)53-38(67)30-13-9-17-58(30)40(69)28(19-22(2)3)54-34(63)25(45)20-60/h22-33,60-62H,6-21,45H2,1-5H3,(H,52,66)(H,53,67)(H,54,63)(H,55,64)(H,56,68)(H,57,65)(H,71,72)(H4,46,47,50)(H4,48,49,51)/t23-,24+,25-,26-,27-,28-,29-,30-,31-,32-,33-/m0/s1. The van der Waals surface area contributed by atoms with Gasteiger partial charge in [0.05, 0.1) is 19.3 Å². The number of aliphatic carboxylic acids is 1. The van der Waals surface area contributed by atoms with Crippen LogP contribution in [-0.2, 0) is 43.2 Å². The maximum Gasteiger partial charge on any atom is 0.326 e. The predicted molar refractivity (Wildman–Crippen MR) is 261 cm³/mol. The fourth-order valence-corrected chi connectivity index (χ4v) is 8.17. The molecular formula is C44H79N15O13.